The Morgan fingerprint density at radius 2 is 1.82 bits per heavy atom. The van der Waals surface area contributed by atoms with Gasteiger partial charge in [0.05, 0.1) is 16.5 Å². The summed E-state index contributed by atoms with van der Waals surface area (Å²) in [5, 5.41) is 7.13. The summed E-state index contributed by atoms with van der Waals surface area (Å²) in [5.74, 6) is -1.65. The topological polar surface area (TPSA) is 150 Å². The Morgan fingerprint density at radius 3 is 2.44 bits per heavy atom. The van der Waals surface area contributed by atoms with Crippen LogP contribution in [0.5, 0.6) is 0 Å². The summed E-state index contributed by atoms with van der Waals surface area (Å²) in [4.78, 5) is 79.8. The number of alkyl carbamates (subject to hydrolysis) is 1. The number of halogens is 1. The first-order chi connectivity index (χ1) is 25.9. The number of aromatic nitrogens is 1. The summed E-state index contributed by atoms with van der Waals surface area (Å²) in [6, 6.07) is 1.79. The molecule has 4 atom stereocenters. The highest BCUT2D eigenvalue weighted by atomic mass is 35.5. The number of nitrogens with one attached hydrogen (secondary N) is 2. The zero-order chi connectivity index (χ0) is 40.6. The van der Waals surface area contributed by atoms with Crippen molar-refractivity contribution in [3.05, 3.63) is 40.0 Å². The van der Waals surface area contributed by atoms with Crippen molar-refractivity contribution in [1.82, 2.24) is 30.3 Å². The van der Waals surface area contributed by atoms with Crippen LogP contribution in [0.15, 0.2) is 24.4 Å². The van der Waals surface area contributed by atoms with Crippen LogP contribution in [0.25, 0.3) is 10.4 Å². The summed E-state index contributed by atoms with van der Waals surface area (Å²) in [6.07, 6.45) is 4.57. The number of likely N-dealkylation sites (N-methyl/N-ethyl adjacent to an activating group) is 3. The molecule has 1 saturated heterocycles. The first kappa shape index (κ1) is 44.0. The molecule has 2 aromatic rings. The predicted octanol–water partition coefficient (Wildman–Crippen LogP) is 5.46. The van der Waals surface area contributed by atoms with Crippen molar-refractivity contribution in [2.75, 3.05) is 40.9 Å². The number of thiazole rings is 1. The van der Waals surface area contributed by atoms with Gasteiger partial charge in [-0.25, -0.2) is 9.78 Å². The lowest BCUT2D eigenvalue weighted by atomic mass is 9.96. The van der Waals surface area contributed by atoms with E-state index < -0.39 is 53.6 Å². The Balaban J connectivity index is 1.66. The molecule has 1 aliphatic carbocycles. The number of aryl methyl sites for hydroxylation is 1. The van der Waals surface area contributed by atoms with Gasteiger partial charge >= 0.3 is 6.09 Å². The van der Waals surface area contributed by atoms with Crippen molar-refractivity contribution in [3.63, 3.8) is 0 Å². The predicted molar refractivity (Wildman–Crippen MR) is 214 cm³/mol. The van der Waals surface area contributed by atoms with Crippen molar-refractivity contribution < 1.29 is 33.4 Å². The first-order valence-electron chi connectivity index (χ1n) is 19.2. The second-order valence-corrected chi connectivity index (χ2v) is 17.9. The molecule has 2 fully saturated rings. The Hall–Kier alpha value is -3.75. The average molecular weight is 803 g/mol. The van der Waals surface area contributed by atoms with E-state index in [1.807, 2.05) is 32.9 Å². The highest BCUT2D eigenvalue weighted by molar-refractivity contribution is 7.15. The third kappa shape index (κ3) is 12.6. The SMILES string of the molecule is Cc1ncc(-c2ccc(Cl)cc2C[C@H]2C(=O)N(C)CCOCCCC[C@H](N(C)C(=O)[C@@H](NC(=O)OC(C)(C)C)C3CC3)C(=O)N[C@@H](CC(C)C)C(=O)N2C)s1. The lowest BCUT2D eigenvalue weighted by Crippen LogP contribution is -2.59. The largest absolute Gasteiger partial charge is 0.444 e. The summed E-state index contributed by atoms with van der Waals surface area (Å²) >= 11 is 8.03. The molecule has 2 aliphatic rings. The molecule has 55 heavy (non-hydrogen) atoms. The fraction of sp³-hybridized carbons (Fsp3) is 0.650. The van der Waals surface area contributed by atoms with E-state index in [9.17, 15) is 24.0 Å². The van der Waals surface area contributed by atoms with Gasteiger partial charge in [0.1, 0.15) is 29.8 Å². The maximum Gasteiger partial charge on any atom is 0.408 e. The molecule has 1 saturated carbocycles. The number of hydrogen-bond acceptors (Lipinski definition) is 9. The minimum Gasteiger partial charge on any atom is -0.444 e. The molecule has 13 nitrogen and oxygen atoms in total. The van der Waals surface area contributed by atoms with Crippen molar-refractivity contribution >= 4 is 52.7 Å². The molecule has 1 aromatic carbocycles. The molecule has 1 aromatic heterocycles. The van der Waals surface area contributed by atoms with Crippen LogP contribution in [0.1, 0.15) is 83.7 Å². The van der Waals surface area contributed by atoms with Gasteiger partial charge in [0.2, 0.25) is 23.6 Å². The number of rotatable bonds is 9. The first-order valence-corrected chi connectivity index (χ1v) is 20.4. The van der Waals surface area contributed by atoms with E-state index in [4.69, 9.17) is 21.1 Å². The molecule has 304 valence electrons. The third-order valence-corrected chi connectivity index (χ3v) is 11.1. The van der Waals surface area contributed by atoms with E-state index in [1.165, 1.54) is 21.1 Å². The van der Waals surface area contributed by atoms with Crippen molar-refractivity contribution in [2.24, 2.45) is 11.8 Å². The van der Waals surface area contributed by atoms with Crippen LogP contribution in [0, 0.1) is 18.8 Å². The van der Waals surface area contributed by atoms with E-state index in [2.05, 4.69) is 15.6 Å². The summed E-state index contributed by atoms with van der Waals surface area (Å²) < 4.78 is 11.4. The molecule has 0 bridgehead atoms. The minimum atomic E-state index is -0.984. The quantitative estimate of drug-likeness (QED) is 0.340. The number of carbonyl (C=O) groups excluding carboxylic acids is 5. The lowest BCUT2D eigenvalue weighted by molar-refractivity contribution is -0.147. The molecule has 1 aliphatic heterocycles. The molecule has 0 radical (unpaired) electrons. The highest BCUT2D eigenvalue weighted by Crippen LogP contribution is 2.35. The van der Waals surface area contributed by atoms with Gasteiger partial charge in [-0.05, 0) is 101 Å². The van der Waals surface area contributed by atoms with Gasteiger partial charge in [0, 0.05) is 51.9 Å². The summed E-state index contributed by atoms with van der Waals surface area (Å²) in [5.41, 5.74) is 0.900. The fourth-order valence-electron chi connectivity index (χ4n) is 6.74. The average Bonchev–Trinajstić information content (AvgIpc) is 3.86. The van der Waals surface area contributed by atoms with Gasteiger partial charge in [0.15, 0.2) is 0 Å². The van der Waals surface area contributed by atoms with Gasteiger partial charge in [-0.3, -0.25) is 19.2 Å². The standard InChI is InChI=1S/C40H59ClN6O7S/c1-24(2)20-30-36(49)47(9)32(22-27-21-28(41)15-16-29(27)33-23-42-25(3)55-33)37(50)45(7)17-19-53-18-11-10-12-31(35(48)43-30)46(8)38(51)34(26-13-14-26)44-39(52)54-40(4,5)6/h15-16,21,23-24,26,30-32,34H,10-14,17-20,22H2,1-9H3,(H,43,48)(H,44,52)/t30-,31-,32-,34-/m0/s1. The minimum absolute atomic E-state index is 0.00593. The van der Waals surface area contributed by atoms with Crippen LogP contribution in [0.2, 0.25) is 5.02 Å². The fourth-order valence-corrected chi connectivity index (χ4v) is 7.78. The number of hydrogen-bond donors (Lipinski definition) is 2. The molecule has 2 N–H and O–H groups in total. The number of ether oxygens (including phenoxy) is 2. The summed E-state index contributed by atoms with van der Waals surface area (Å²) in [6.45, 7) is 12.1. The number of carbonyl (C=O) groups is 5. The third-order valence-electron chi connectivity index (χ3n) is 9.90. The molecule has 4 rings (SSSR count). The number of benzene rings is 1. The van der Waals surface area contributed by atoms with Crippen LogP contribution in [-0.2, 0) is 35.1 Å². The Kier molecular flexibility index (Phi) is 15.5. The van der Waals surface area contributed by atoms with Crippen molar-refractivity contribution in [2.45, 2.75) is 116 Å². The highest BCUT2D eigenvalue weighted by Gasteiger charge is 2.43. The second-order valence-electron chi connectivity index (χ2n) is 16.2. The van der Waals surface area contributed by atoms with Crippen LogP contribution in [0.3, 0.4) is 0 Å². The van der Waals surface area contributed by atoms with Gasteiger partial charge in [-0.15, -0.1) is 11.3 Å². The van der Waals surface area contributed by atoms with Gasteiger partial charge in [-0.2, -0.15) is 0 Å². The number of nitrogens with zero attached hydrogens (tertiary/aromatic N) is 4. The van der Waals surface area contributed by atoms with Crippen LogP contribution in [-0.4, -0.2) is 120 Å². The van der Waals surface area contributed by atoms with E-state index in [-0.39, 0.29) is 30.8 Å². The van der Waals surface area contributed by atoms with Crippen LogP contribution >= 0.6 is 22.9 Å². The van der Waals surface area contributed by atoms with E-state index in [1.54, 1.807) is 59.1 Å². The van der Waals surface area contributed by atoms with E-state index >= 15 is 0 Å². The van der Waals surface area contributed by atoms with Gasteiger partial charge in [0.25, 0.3) is 0 Å². The van der Waals surface area contributed by atoms with Crippen molar-refractivity contribution in [3.8, 4) is 10.4 Å². The lowest BCUT2D eigenvalue weighted by Gasteiger charge is -2.36. The normalized spacial score (nSPS) is 21.7. The Bertz CT molecular complexity index is 1670. The maximum absolute atomic E-state index is 14.6. The molecule has 0 unspecified atom stereocenters. The molecule has 15 heteroatoms. The number of amides is 5. The van der Waals surface area contributed by atoms with Gasteiger partial charge in [-0.1, -0.05) is 31.5 Å². The van der Waals surface area contributed by atoms with Crippen molar-refractivity contribution in [1.29, 1.82) is 0 Å². The Labute approximate surface area is 334 Å². The smallest absolute Gasteiger partial charge is 0.408 e. The maximum atomic E-state index is 14.6. The van der Waals surface area contributed by atoms with Crippen LogP contribution in [0.4, 0.5) is 4.79 Å². The second kappa shape index (κ2) is 19.4. The monoisotopic (exact) mass is 802 g/mol. The summed E-state index contributed by atoms with van der Waals surface area (Å²) in [7, 11) is 4.86. The van der Waals surface area contributed by atoms with E-state index in [0.717, 1.165) is 33.9 Å². The molecule has 0 spiro atoms. The molecular formula is C40H59ClN6O7S. The zero-order valence-electron chi connectivity index (χ0n) is 33.8. The molecule has 5 amide bonds. The van der Waals surface area contributed by atoms with E-state index in [0.29, 0.717) is 43.9 Å². The molecular weight excluding hydrogens is 744 g/mol. The van der Waals surface area contributed by atoms with Gasteiger partial charge < -0.3 is 34.8 Å². The van der Waals surface area contributed by atoms with Crippen LogP contribution < -0.4 is 10.6 Å². The zero-order valence-corrected chi connectivity index (χ0v) is 35.3. The molecule has 2 heterocycles. The Morgan fingerprint density at radius 1 is 1.11 bits per heavy atom.